The van der Waals surface area contributed by atoms with E-state index in [1.807, 2.05) is 18.2 Å². The van der Waals surface area contributed by atoms with Crippen LogP contribution >= 0.6 is 11.6 Å². The molecule has 0 amide bonds. The Labute approximate surface area is 120 Å². The maximum absolute atomic E-state index is 6.09. The molecule has 0 heterocycles. The monoisotopic (exact) mass is 273 g/mol. The van der Waals surface area contributed by atoms with Gasteiger partial charge in [0.1, 0.15) is 0 Å². The van der Waals surface area contributed by atoms with Crippen LogP contribution in [0.15, 0.2) is 48.5 Å². The van der Waals surface area contributed by atoms with Crippen molar-refractivity contribution in [2.24, 2.45) is 0 Å². The molecular weight excluding hydrogens is 254 g/mol. The standard InChI is InChI=1S/C17H20ClN/c1-4-19(17-10-5-7-13(2)11-17)14(3)15-8-6-9-16(18)12-15/h5-12,14H,4H2,1-3H3. The molecule has 2 aromatic carbocycles. The molecule has 2 rings (SSSR count). The molecule has 0 bridgehead atoms. The molecule has 0 radical (unpaired) electrons. The van der Waals surface area contributed by atoms with Gasteiger partial charge in [-0.05, 0) is 56.2 Å². The fraction of sp³-hybridized carbons (Fsp3) is 0.294. The van der Waals surface area contributed by atoms with Gasteiger partial charge in [-0.25, -0.2) is 0 Å². The molecule has 0 N–H and O–H groups in total. The number of rotatable bonds is 4. The number of anilines is 1. The van der Waals surface area contributed by atoms with Gasteiger partial charge in [0.25, 0.3) is 0 Å². The van der Waals surface area contributed by atoms with E-state index in [0.29, 0.717) is 6.04 Å². The molecule has 0 aliphatic heterocycles. The Bertz CT molecular complexity index is 550. The molecule has 0 saturated heterocycles. The van der Waals surface area contributed by atoms with Crippen molar-refractivity contribution in [3.8, 4) is 0 Å². The normalized spacial score (nSPS) is 12.2. The lowest BCUT2D eigenvalue weighted by molar-refractivity contribution is 0.690. The topological polar surface area (TPSA) is 3.24 Å². The Morgan fingerprint density at radius 1 is 1.11 bits per heavy atom. The van der Waals surface area contributed by atoms with E-state index >= 15 is 0 Å². The molecule has 0 aliphatic carbocycles. The summed E-state index contributed by atoms with van der Waals surface area (Å²) in [6.07, 6.45) is 0. The van der Waals surface area contributed by atoms with Crippen molar-refractivity contribution in [3.05, 3.63) is 64.7 Å². The lowest BCUT2D eigenvalue weighted by atomic mass is 10.1. The first kappa shape index (κ1) is 14.0. The van der Waals surface area contributed by atoms with Gasteiger partial charge in [-0.3, -0.25) is 0 Å². The highest BCUT2D eigenvalue weighted by Crippen LogP contribution is 2.28. The summed E-state index contributed by atoms with van der Waals surface area (Å²) >= 11 is 6.09. The molecular formula is C17H20ClN. The van der Waals surface area contributed by atoms with E-state index < -0.39 is 0 Å². The Kier molecular flexibility index (Phi) is 4.49. The Hall–Kier alpha value is -1.47. The van der Waals surface area contributed by atoms with Crippen LogP contribution < -0.4 is 4.90 Å². The van der Waals surface area contributed by atoms with E-state index in [-0.39, 0.29) is 0 Å². The summed E-state index contributed by atoms with van der Waals surface area (Å²) in [7, 11) is 0. The lowest BCUT2D eigenvalue weighted by Gasteiger charge is -2.31. The second-order valence-corrected chi connectivity index (χ2v) is 5.29. The van der Waals surface area contributed by atoms with Gasteiger partial charge in [0.15, 0.2) is 0 Å². The van der Waals surface area contributed by atoms with Gasteiger partial charge in [-0.2, -0.15) is 0 Å². The molecule has 1 unspecified atom stereocenters. The highest BCUT2D eigenvalue weighted by atomic mass is 35.5. The molecule has 1 atom stereocenters. The molecule has 0 spiro atoms. The SMILES string of the molecule is CCN(c1cccc(C)c1)C(C)c1cccc(Cl)c1. The molecule has 100 valence electrons. The van der Waals surface area contributed by atoms with E-state index in [4.69, 9.17) is 11.6 Å². The largest absolute Gasteiger partial charge is 0.365 e. The third-order valence-electron chi connectivity index (χ3n) is 3.47. The zero-order valence-electron chi connectivity index (χ0n) is 11.7. The quantitative estimate of drug-likeness (QED) is 0.737. The highest BCUT2D eigenvalue weighted by Gasteiger charge is 2.15. The van der Waals surface area contributed by atoms with E-state index in [1.54, 1.807) is 0 Å². The third-order valence-corrected chi connectivity index (χ3v) is 3.71. The van der Waals surface area contributed by atoms with Crippen molar-refractivity contribution < 1.29 is 0 Å². The van der Waals surface area contributed by atoms with Crippen molar-refractivity contribution in [1.82, 2.24) is 0 Å². The zero-order chi connectivity index (χ0) is 13.8. The summed E-state index contributed by atoms with van der Waals surface area (Å²) in [5, 5.41) is 0.796. The van der Waals surface area contributed by atoms with Crippen LogP contribution in [0.1, 0.15) is 31.0 Å². The molecule has 1 nitrogen and oxygen atoms in total. The highest BCUT2D eigenvalue weighted by molar-refractivity contribution is 6.30. The minimum atomic E-state index is 0.311. The summed E-state index contributed by atoms with van der Waals surface area (Å²) in [5.41, 5.74) is 3.79. The van der Waals surface area contributed by atoms with Crippen LogP contribution in [0.4, 0.5) is 5.69 Å². The third kappa shape index (κ3) is 3.30. The van der Waals surface area contributed by atoms with Crippen molar-refractivity contribution in [1.29, 1.82) is 0 Å². The number of nitrogens with zero attached hydrogens (tertiary/aromatic N) is 1. The second kappa shape index (κ2) is 6.12. The van der Waals surface area contributed by atoms with E-state index in [2.05, 4.69) is 56.0 Å². The second-order valence-electron chi connectivity index (χ2n) is 4.86. The smallest absolute Gasteiger partial charge is 0.0514 e. The summed E-state index contributed by atoms with van der Waals surface area (Å²) < 4.78 is 0. The summed E-state index contributed by atoms with van der Waals surface area (Å²) in [5.74, 6) is 0. The summed E-state index contributed by atoms with van der Waals surface area (Å²) in [6.45, 7) is 7.50. The van der Waals surface area contributed by atoms with Crippen LogP contribution in [0, 0.1) is 6.92 Å². The number of hydrogen-bond acceptors (Lipinski definition) is 1. The Balaban J connectivity index is 2.31. The van der Waals surface area contributed by atoms with Crippen LogP contribution in [-0.4, -0.2) is 6.54 Å². The van der Waals surface area contributed by atoms with E-state index in [9.17, 15) is 0 Å². The van der Waals surface area contributed by atoms with Crippen molar-refractivity contribution in [2.75, 3.05) is 11.4 Å². The van der Waals surface area contributed by atoms with Crippen LogP contribution in [0.2, 0.25) is 5.02 Å². The number of hydrogen-bond donors (Lipinski definition) is 0. The maximum Gasteiger partial charge on any atom is 0.0514 e. The predicted molar refractivity (Wildman–Crippen MR) is 84.1 cm³/mol. The fourth-order valence-corrected chi connectivity index (χ4v) is 2.63. The molecule has 19 heavy (non-hydrogen) atoms. The van der Waals surface area contributed by atoms with Crippen molar-refractivity contribution in [2.45, 2.75) is 26.8 Å². The van der Waals surface area contributed by atoms with Gasteiger partial charge in [0, 0.05) is 17.3 Å². The zero-order valence-corrected chi connectivity index (χ0v) is 12.5. The van der Waals surface area contributed by atoms with Crippen LogP contribution in [0.25, 0.3) is 0 Å². The van der Waals surface area contributed by atoms with Crippen molar-refractivity contribution in [3.63, 3.8) is 0 Å². The number of benzene rings is 2. The predicted octanol–water partition coefficient (Wildman–Crippen LogP) is 5.24. The average Bonchev–Trinajstić information content (AvgIpc) is 2.39. The maximum atomic E-state index is 6.09. The van der Waals surface area contributed by atoms with Crippen LogP contribution in [0.3, 0.4) is 0 Å². The first-order chi connectivity index (χ1) is 9.11. The molecule has 0 aliphatic rings. The molecule has 2 heteroatoms. The molecule has 0 aromatic heterocycles. The summed E-state index contributed by atoms with van der Waals surface area (Å²) in [6, 6.07) is 17.0. The van der Waals surface area contributed by atoms with Gasteiger partial charge in [-0.1, -0.05) is 35.9 Å². The summed E-state index contributed by atoms with van der Waals surface area (Å²) in [4.78, 5) is 2.39. The van der Waals surface area contributed by atoms with Crippen molar-refractivity contribution >= 4 is 17.3 Å². The number of aryl methyl sites for hydroxylation is 1. The van der Waals surface area contributed by atoms with Gasteiger partial charge in [0.2, 0.25) is 0 Å². The van der Waals surface area contributed by atoms with E-state index in [0.717, 1.165) is 11.6 Å². The fourth-order valence-electron chi connectivity index (χ4n) is 2.43. The molecule has 0 saturated carbocycles. The first-order valence-corrected chi connectivity index (χ1v) is 7.08. The molecule has 0 fully saturated rings. The average molecular weight is 274 g/mol. The van der Waals surface area contributed by atoms with Crippen LogP contribution in [-0.2, 0) is 0 Å². The van der Waals surface area contributed by atoms with E-state index in [1.165, 1.54) is 16.8 Å². The minimum absolute atomic E-state index is 0.311. The minimum Gasteiger partial charge on any atom is -0.365 e. The Morgan fingerprint density at radius 3 is 2.47 bits per heavy atom. The Morgan fingerprint density at radius 2 is 1.84 bits per heavy atom. The first-order valence-electron chi connectivity index (χ1n) is 6.70. The van der Waals surface area contributed by atoms with Gasteiger partial charge in [0.05, 0.1) is 6.04 Å². The number of halogens is 1. The molecule has 2 aromatic rings. The van der Waals surface area contributed by atoms with Gasteiger partial charge in [-0.15, -0.1) is 0 Å². The lowest BCUT2D eigenvalue weighted by Crippen LogP contribution is -2.26. The van der Waals surface area contributed by atoms with Crippen LogP contribution in [0.5, 0.6) is 0 Å². The van der Waals surface area contributed by atoms with Gasteiger partial charge >= 0.3 is 0 Å². The van der Waals surface area contributed by atoms with Gasteiger partial charge < -0.3 is 4.90 Å².